The van der Waals surface area contributed by atoms with Crippen molar-refractivity contribution in [2.75, 3.05) is 18.5 Å². The molecule has 0 radical (unpaired) electrons. The third-order valence-corrected chi connectivity index (χ3v) is 8.60. The highest BCUT2D eigenvalue weighted by atomic mass is 35.5. The minimum atomic E-state index is -1.25. The first-order chi connectivity index (χ1) is 18.4. The molecule has 3 aliphatic heterocycles. The molecule has 38 heavy (non-hydrogen) atoms. The van der Waals surface area contributed by atoms with Gasteiger partial charge in [0.2, 0.25) is 11.8 Å². The van der Waals surface area contributed by atoms with Crippen LogP contribution in [0.2, 0.25) is 10.0 Å². The summed E-state index contributed by atoms with van der Waals surface area (Å²) in [5.41, 5.74) is 0.648. The summed E-state index contributed by atoms with van der Waals surface area (Å²) in [5, 5.41) is 7.05. The van der Waals surface area contributed by atoms with E-state index in [1.54, 1.807) is 36.4 Å². The van der Waals surface area contributed by atoms with Crippen molar-refractivity contribution in [3.8, 4) is 5.75 Å². The number of ether oxygens (including phenoxy) is 2. The van der Waals surface area contributed by atoms with E-state index in [0.29, 0.717) is 45.8 Å². The Morgan fingerprint density at radius 3 is 2.58 bits per heavy atom. The number of nitrogens with one attached hydrogen (secondary N) is 2. The van der Waals surface area contributed by atoms with Crippen molar-refractivity contribution in [1.29, 1.82) is 0 Å². The van der Waals surface area contributed by atoms with E-state index < -0.39 is 17.4 Å². The molecule has 4 atom stereocenters. The topological polar surface area (TPSA) is 76.7 Å². The number of anilines is 1. The van der Waals surface area contributed by atoms with Crippen LogP contribution in [0.3, 0.4) is 0 Å². The Labute approximate surface area is 230 Å². The lowest BCUT2D eigenvalue weighted by atomic mass is 9.57. The molecule has 9 heteroatoms. The molecule has 4 aliphatic rings. The van der Waals surface area contributed by atoms with E-state index in [-0.39, 0.29) is 42.5 Å². The highest BCUT2D eigenvalue weighted by molar-refractivity contribution is 6.31. The van der Waals surface area contributed by atoms with Gasteiger partial charge < -0.3 is 20.1 Å². The molecule has 2 aromatic carbocycles. The van der Waals surface area contributed by atoms with Crippen molar-refractivity contribution in [3.63, 3.8) is 0 Å². The Balaban J connectivity index is 1.54. The van der Waals surface area contributed by atoms with Gasteiger partial charge in [0.05, 0.1) is 19.3 Å². The average molecular weight is 557 g/mol. The molecule has 1 aliphatic carbocycles. The molecular weight excluding hydrogens is 530 g/mol. The molecule has 0 bridgehead atoms. The second-order valence-corrected chi connectivity index (χ2v) is 11.2. The van der Waals surface area contributed by atoms with Crippen LogP contribution in [0.25, 0.3) is 0 Å². The molecular formula is C29H27Cl2FN2O4. The molecule has 2 amide bonds. The summed E-state index contributed by atoms with van der Waals surface area (Å²) in [7, 11) is 0. The first-order valence-corrected chi connectivity index (χ1v) is 13.6. The monoisotopic (exact) mass is 556 g/mol. The number of rotatable bonds is 4. The predicted octanol–water partition coefficient (Wildman–Crippen LogP) is 6.05. The molecule has 198 valence electrons. The van der Waals surface area contributed by atoms with Crippen LogP contribution < -0.4 is 15.4 Å². The Morgan fingerprint density at radius 2 is 1.79 bits per heavy atom. The van der Waals surface area contributed by atoms with E-state index in [0.717, 1.165) is 12.8 Å². The smallest absolute Gasteiger partial charge is 0.237 e. The average Bonchev–Trinajstić information content (AvgIpc) is 3.18. The molecule has 2 fully saturated rings. The first-order valence-electron chi connectivity index (χ1n) is 12.8. The summed E-state index contributed by atoms with van der Waals surface area (Å²) in [4.78, 5) is 27.5. The van der Waals surface area contributed by atoms with Crippen molar-refractivity contribution in [1.82, 2.24) is 5.32 Å². The number of halogens is 3. The maximum Gasteiger partial charge on any atom is 0.237 e. The van der Waals surface area contributed by atoms with Crippen LogP contribution in [0.4, 0.5) is 10.1 Å². The standard InChI is InChI=1S/C29H27Cl2FN2O4/c30-17-5-7-25(38-20-8-10-37-11-9-20)21(13-17)27-29(22-6-4-18(31)14-24(22)33-28(29)36)23(15-26(35)34-27)16-2-1-3-19(32)12-16/h1-7,13-14,16,20,23,27H,8-12,15H2,(H,33,36)(H,34,35)/t16?,23-,27+,29-/m0/s1. The van der Waals surface area contributed by atoms with E-state index in [4.69, 9.17) is 32.7 Å². The summed E-state index contributed by atoms with van der Waals surface area (Å²) in [6, 6.07) is 9.74. The van der Waals surface area contributed by atoms with Gasteiger partial charge in [-0.15, -0.1) is 0 Å². The number of benzene rings is 2. The van der Waals surface area contributed by atoms with Gasteiger partial charge in [-0.1, -0.05) is 41.4 Å². The maximum absolute atomic E-state index is 14.5. The molecule has 2 aromatic rings. The van der Waals surface area contributed by atoms with Gasteiger partial charge >= 0.3 is 0 Å². The number of hydrogen-bond acceptors (Lipinski definition) is 4. The zero-order chi connectivity index (χ0) is 26.4. The first kappa shape index (κ1) is 25.4. The lowest BCUT2D eigenvalue weighted by Crippen LogP contribution is -2.59. The largest absolute Gasteiger partial charge is 0.490 e. The van der Waals surface area contributed by atoms with Gasteiger partial charge in [-0.2, -0.15) is 0 Å². The molecule has 6 nitrogen and oxygen atoms in total. The molecule has 2 saturated heterocycles. The Hall–Kier alpha value is -2.87. The van der Waals surface area contributed by atoms with Crippen molar-refractivity contribution >= 4 is 40.7 Å². The normalized spacial score (nSPS) is 29.0. The lowest BCUT2D eigenvalue weighted by molar-refractivity contribution is -0.135. The number of carbonyl (C=O) groups is 2. The van der Waals surface area contributed by atoms with Crippen molar-refractivity contribution in [2.24, 2.45) is 11.8 Å². The van der Waals surface area contributed by atoms with Crippen LogP contribution >= 0.6 is 23.2 Å². The van der Waals surface area contributed by atoms with Gasteiger partial charge in [0.15, 0.2) is 0 Å². The third kappa shape index (κ3) is 4.31. The molecule has 6 rings (SSSR count). The molecule has 1 unspecified atom stereocenters. The molecule has 3 heterocycles. The van der Waals surface area contributed by atoms with Crippen LogP contribution in [0, 0.1) is 11.8 Å². The van der Waals surface area contributed by atoms with Gasteiger partial charge in [0, 0.05) is 47.0 Å². The van der Waals surface area contributed by atoms with Gasteiger partial charge in [-0.05, 0) is 53.8 Å². The summed E-state index contributed by atoms with van der Waals surface area (Å²) < 4.78 is 26.5. The fraction of sp³-hybridized carbons (Fsp3) is 0.379. The summed E-state index contributed by atoms with van der Waals surface area (Å²) >= 11 is 12.8. The Bertz CT molecular complexity index is 1360. The van der Waals surface area contributed by atoms with Crippen LogP contribution in [-0.4, -0.2) is 31.1 Å². The number of fused-ring (bicyclic) bond motifs is 2. The lowest BCUT2D eigenvalue weighted by Gasteiger charge is -2.49. The van der Waals surface area contributed by atoms with E-state index >= 15 is 0 Å². The van der Waals surface area contributed by atoms with Crippen LogP contribution in [0.5, 0.6) is 5.75 Å². The highest BCUT2D eigenvalue weighted by Crippen LogP contribution is 2.58. The Morgan fingerprint density at radius 1 is 1.03 bits per heavy atom. The van der Waals surface area contributed by atoms with E-state index in [1.165, 1.54) is 6.08 Å². The number of carbonyl (C=O) groups excluding carboxylic acids is 2. The predicted molar refractivity (Wildman–Crippen MR) is 143 cm³/mol. The highest BCUT2D eigenvalue weighted by Gasteiger charge is 2.62. The fourth-order valence-electron chi connectivity index (χ4n) is 6.47. The zero-order valence-electron chi connectivity index (χ0n) is 20.5. The van der Waals surface area contributed by atoms with Gasteiger partial charge in [-0.25, -0.2) is 4.39 Å². The maximum atomic E-state index is 14.5. The minimum absolute atomic E-state index is 0.0605. The number of amides is 2. The van der Waals surface area contributed by atoms with Gasteiger partial charge in [0.1, 0.15) is 23.1 Å². The van der Waals surface area contributed by atoms with E-state index in [2.05, 4.69) is 10.6 Å². The zero-order valence-corrected chi connectivity index (χ0v) is 22.0. The number of allylic oxidation sites excluding steroid dienone is 4. The number of piperidine rings is 1. The molecule has 1 spiro atoms. The van der Waals surface area contributed by atoms with Crippen LogP contribution in [-0.2, 0) is 19.7 Å². The molecule has 0 saturated carbocycles. The molecule has 0 aromatic heterocycles. The summed E-state index contributed by atoms with van der Waals surface area (Å²) in [5.74, 6) is -1.14. The van der Waals surface area contributed by atoms with Crippen molar-refractivity contribution in [3.05, 3.63) is 81.6 Å². The number of hydrogen-bond donors (Lipinski definition) is 2. The van der Waals surface area contributed by atoms with E-state index in [9.17, 15) is 14.0 Å². The Kier molecular flexibility index (Phi) is 6.70. The summed E-state index contributed by atoms with van der Waals surface area (Å²) in [6.07, 6.45) is 6.53. The van der Waals surface area contributed by atoms with Crippen molar-refractivity contribution in [2.45, 2.75) is 43.2 Å². The summed E-state index contributed by atoms with van der Waals surface area (Å²) in [6.45, 7) is 1.20. The van der Waals surface area contributed by atoms with Gasteiger partial charge in [0.25, 0.3) is 0 Å². The van der Waals surface area contributed by atoms with Crippen LogP contribution in [0.1, 0.15) is 42.9 Å². The fourth-order valence-corrected chi connectivity index (χ4v) is 6.82. The third-order valence-electron chi connectivity index (χ3n) is 8.13. The minimum Gasteiger partial charge on any atom is -0.490 e. The van der Waals surface area contributed by atoms with Crippen molar-refractivity contribution < 1.29 is 23.5 Å². The van der Waals surface area contributed by atoms with E-state index in [1.807, 2.05) is 12.1 Å². The SMILES string of the molecule is O=C1C[C@@H](C2C=CC=C(F)C2)[C@]2(C(=O)Nc3cc(Cl)ccc32)[C@@H](c2cc(Cl)ccc2OC2CCOCC2)N1. The molecule has 2 N–H and O–H groups in total. The second-order valence-electron chi connectivity index (χ2n) is 10.3. The van der Waals surface area contributed by atoms with Gasteiger partial charge in [-0.3, -0.25) is 9.59 Å². The van der Waals surface area contributed by atoms with Crippen LogP contribution in [0.15, 0.2) is 60.5 Å². The quantitative estimate of drug-likeness (QED) is 0.480. The second kappa shape index (κ2) is 10.0.